The third-order valence-electron chi connectivity index (χ3n) is 3.84. The average Bonchev–Trinajstić information content (AvgIpc) is 2.56. The number of ether oxygens (including phenoxy) is 1. The van der Waals surface area contributed by atoms with Crippen molar-refractivity contribution < 1.29 is 14.6 Å². The molecule has 122 valence electrons. The van der Waals surface area contributed by atoms with E-state index < -0.39 is 0 Å². The van der Waals surface area contributed by atoms with Crippen molar-refractivity contribution in [3.63, 3.8) is 0 Å². The SMILES string of the molecule is CCCCC[C@H](C)OC(=O)c1ccc(-c2ccc(O)cc2)cc1. The van der Waals surface area contributed by atoms with Crippen LogP contribution < -0.4 is 0 Å². The highest BCUT2D eigenvalue weighted by molar-refractivity contribution is 5.90. The summed E-state index contributed by atoms with van der Waals surface area (Å²) in [6, 6.07) is 14.3. The number of unbranched alkanes of at least 4 members (excludes halogenated alkanes) is 2. The Morgan fingerprint density at radius 3 is 2.13 bits per heavy atom. The summed E-state index contributed by atoms with van der Waals surface area (Å²) in [5.41, 5.74) is 2.56. The van der Waals surface area contributed by atoms with Crippen molar-refractivity contribution in [3.8, 4) is 16.9 Å². The molecule has 1 N–H and O–H groups in total. The maximum atomic E-state index is 12.1. The molecule has 0 fully saturated rings. The van der Waals surface area contributed by atoms with E-state index in [-0.39, 0.29) is 17.8 Å². The van der Waals surface area contributed by atoms with E-state index in [1.54, 1.807) is 24.3 Å². The molecule has 0 bridgehead atoms. The zero-order valence-corrected chi connectivity index (χ0v) is 13.8. The lowest BCUT2D eigenvalue weighted by molar-refractivity contribution is 0.0319. The highest BCUT2D eigenvalue weighted by Crippen LogP contribution is 2.22. The fourth-order valence-corrected chi connectivity index (χ4v) is 2.44. The van der Waals surface area contributed by atoms with Gasteiger partial charge in [0.25, 0.3) is 0 Å². The number of phenolic OH excluding ortho intramolecular Hbond substituents is 1. The van der Waals surface area contributed by atoms with E-state index in [0.717, 1.165) is 24.0 Å². The molecule has 23 heavy (non-hydrogen) atoms. The maximum Gasteiger partial charge on any atom is 0.338 e. The van der Waals surface area contributed by atoms with Crippen LogP contribution in [-0.4, -0.2) is 17.2 Å². The number of hydrogen-bond donors (Lipinski definition) is 1. The Morgan fingerprint density at radius 1 is 1.00 bits per heavy atom. The normalized spacial score (nSPS) is 11.9. The molecule has 0 heterocycles. The molecule has 0 amide bonds. The van der Waals surface area contributed by atoms with Crippen molar-refractivity contribution in [1.82, 2.24) is 0 Å². The lowest BCUT2D eigenvalue weighted by atomic mass is 10.0. The maximum absolute atomic E-state index is 12.1. The Balaban J connectivity index is 1.96. The summed E-state index contributed by atoms with van der Waals surface area (Å²) in [5.74, 6) is -0.0303. The Hall–Kier alpha value is -2.29. The molecule has 1 atom stereocenters. The molecule has 0 aliphatic carbocycles. The zero-order valence-electron chi connectivity index (χ0n) is 13.8. The van der Waals surface area contributed by atoms with Gasteiger partial charge in [-0.25, -0.2) is 4.79 Å². The van der Waals surface area contributed by atoms with E-state index in [4.69, 9.17) is 4.74 Å². The first-order valence-corrected chi connectivity index (χ1v) is 8.20. The largest absolute Gasteiger partial charge is 0.508 e. The number of carbonyl (C=O) groups excluding carboxylic acids is 1. The van der Waals surface area contributed by atoms with Crippen molar-refractivity contribution in [2.45, 2.75) is 45.6 Å². The number of phenols is 1. The summed E-state index contributed by atoms with van der Waals surface area (Å²) in [7, 11) is 0. The minimum atomic E-state index is -0.272. The molecule has 2 aromatic rings. The average molecular weight is 312 g/mol. The highest BCUT2D eigenvalue weighted by atomic mass is 16.5. The van der Waals surface area contributed by atoms with E-state index in [2.05, 4.69) is 6.92 Å². The molecule has 0 aliphatic rings. The number of rotatable bonds is 7. The van der Waals surface area contributed by atoms with Crippen LogP contribution in [0.2, 0.25) is 0 Å². The van der Waals surface area contributed by atoms with Crippen LogP contribution in [0.3, 0.4) is 0 Å². The third kappa shape index (κ3) is 5.13. The molecule has 0 saturated carbocycles. The van der Waals surface area contributed by atoms with E-state index in [1.807, 2.05) is 31.2 Å². The van der Waals surface area contributed by atoms with Crippen LogP contribution in [0.15, 0.2) is 48.5 Å². The summed E-state index contributed by atoms with van der Waals surface area (Å²) in [4.78, 5) is 12.1. The Kier molecular flexibility index (Phi) is 6.21. The van der Waals surface area contributed by atoms with Gasteiger partial charge in [-0.1, -0.05) is 44.0 Å². The van der Waals surface area contributed by atoms with Crippen LogP contribution in [0.4, 0.5) is 0 Å². The monoisotopic (exact) mass is 312 g/mol. The lowest BCUT2D eigenvalue weighted by Gasteiger charge is -2.13. The molecule has 3 nitrogen and oxygen atoms in total. The predicted molar refractivity (Wildman–Crippen MR) is 92.6 cm³/mol. The standard InChI is InChI=1S/C20H24O3/c1-3-4-5-6-15(2)23-20(22)18-9-7-16(8-10-18)17-11-13-19(21)14-12-17/h7-15,21H,3-6H2,1-2H3/t15-/m0/s1. The van der Waals surface area contributed by atoms with Gasteiger partial charge in [0, 0.05) is 0 Å². The van der Waals surface area contributed by atoms with E-state index >= 15 is 0 Å². The molecule has 0 unspecified atom stereocenters. The van der Waals surface area contributed by atoms with Gasteiger partial charge in [-0.3, -0.25) is 0 Å². The molecule has 0 radical (unpaired) electrons. The van der Waals surface area contributed by atoms with Crippen LogP contribution in [-0.2, 0) is 4.74 Å². The van der Waals surface area contributed by atoms with E-state index in [0.29, 0.717) is 5.56 Å². The van der Waals surface area contributed by atoms with Crippen molar-refractivity contribution >= 4 is 5.97 Å². The topological polar surface area (TPSA) is 46.5 Å². The van der Waals surface area contributed by atoms with E-state index in [1.165, 1.54) is 12.8 Å². The first-order valence-electron chi connectivity index (χ1n) is 8.20. The minimum Gasteiger partial charge on any atom is -0.508 e. The number of benzene rings is 2. The summed E-state index contributed by atoms with van der Waals surface area (Å²) < 4.78 is 5.47. The molecule has 0 aliphatic heterocycles. The first kappa shape index (κ1) is 17.1. The smallest absolute Gasteiger partial charge is 0.338 e. The van der Waals surface area contributed by atoms with Crippen LogP contribution in [0.1, 0.15) is 49.9 Å². The number of aromatic hydroxyl groups is 1. The van der Waals surface area contributed by atoms with Gasteiger partial charge in [-0.15, -0.1) is 0 Å². The van der Waals surface area contributed by atoms with Gasteiger partial charge in [-0.2, -0.15) is 0 Å². The minimum absolute atomic E-state index is 0.0502. The number of hydrogen-bond acceptors (Lipinski definition) is 3. The second-order valence-electron chi connectivity index (χ2n) is 5.84. The van der Waals surface area contributed by atoms with Crippen LogP contribution >= 0.6 is 0 Å². The van der Waals surface area contributed by atoms with Gasteiger partial charge < -0.3 is 9.84 Å². The number of carbonyl (C=O) groups is 1. The Labute approximate surface area is 137 Å². The van der Waals surface area contributed by atoms with Crippen LogP contribution in [0, 0.1) is 0 Å². The molecule has 0 saturated heterocycles. The summed E-state index contributed by atoms with van der Waals surface area (Å²) in [6.07, 6.45) is 4.28. The molecular formula is C20H24O3. The fraction of sp³-hybridized carbons (Fsp3) is 0.350. The zero-order chi connectivity index (χ0) is 16.7. The Bertz CT molecular complexity index is 614. The van der Waals surface area contributed by atoms with Gasteiger partial charge in [0.2, 0.25) is 0 Å². The van der Waals surface area contributed by atoms with Gasteiger partial charge in [0.15, 0.2) is 0 Å². The Morgan fingerprint density at radius 2 is 1.57 bits per heavy atom. The van der Waals surface area contributed by atoms with Crippen molar-refractivity contribution in [1.29, 1.82) is 0 Å². The molecule has 2 aromatic carbocycles. The summed E-state index contributed by atoms with van der Waals surface area (Å²) in [5, 5.41) is 9.32. The van der Waals surface area contributed by atoms with Crippen molar-refractivity contribution in [2.75, 3.05) is 0 Å². The first-order chi connectivity index (χ1) is 11.1. The summed E-state index contributed by atoms with van der Waals surface area (Å²) in [6.45, 7) is 4.10. The molecular weight excluding hydrogens is 288 g/mol. The second-order valence-corrected chi connectivity index (χ2v) is 5.84. The summed E-state index contributed by atoms with van der Waals surface area (Å²) >= 11 is 0. The fourth-order valence-electron chi connectivity index (χ4n) is 2.44. The molecule has 0 aromatic heterocycles. The quantitative estimate of drug-likeness (QED) is 0.565. The predicted octanol–water partition coefficient (Wildman–Crippen LogP) is 5.18. The van der Waals surface area contributed by atoms with E-state index in [9.17, 15) is 9.90 Å². The second kappa shape index (κ2) is 8.37. The molecule has 0 spiro atoms. The third-order valence-corrected chi connectivity index (χ3v) is 3.84. The van der Waals surface area contributed by atoms with Crippen LogP contribution in [0.25, 0.3) is 11.1 Å². The lowest BCUT2D eigenvalue weighted by Crippen LogP contribution is -2.14. The van der Waals surface area contributed by atoms with Crippen LogP contribution in [0.5, 0.6) is 5.75 Å². The van der Waals surface area contributed by atoms with Gasteiger partial charge >= 0.3 is 5.97 Å². The molecule has 2 rings (SSSR count). The van der Waals surface area contributed by atoms with Gasteiger partial charge in [0.1, 0.15) is 5.75 Å². The molecule has 3 heteroatoms. The van der Waals surface area contributed by atoms with Gasteiger partial charge in [0.05, 0.1) is 11.7 Å². The number of esters is 1. The van der Waals surface area contributed by atoms with Crippen molar-refractivity contribution in [2.24, 2.45) is 0 Å². The highest BCUT2D eigenvalue weighted by Gasteiger charge is 2.12. The van der Waals surface area contributed by atoms with Gasteiger partial charge in [-0.05, 0) is 55.2 Å². The van der Waals surface area contributed by atoms with Crippen molar-refractivity contribution in [3.05, 3.63) is 54.1 Å².